The smallest absolute Gasteiger partial charge is 0.191 e. The van der Waals surface area contributed by atoms with Crippen LogP contribution in [0.5, 0.6) is 0 Å². The third-order valence-electron chi connectivity index (χ3n) is 4.41. The van der Waals surface area contributed by atoms with Crippen molar-refractivity contribution in [3.05, 3.63) is 60.1 Å². The van der Waals surface area contributed by atoms with E-state index in [0.29, 0.717) is 33.0 Å². The van der Waals surface area contributed by atoms with Crippen molar-refractivity contribution in [3.63, 3.8) is 0 Å². The molecule has 172 valence electrons. The first kappa shape index (κ1) is 24.9. The van der Waals surface area contributed by atoms with E-state index < -0.39 is 0 Å². The van der Waals surface area contributed by atoms with Gasteiger partial charge in [0.05, 0.1) is 26.1 Å². The van der Waals surface area contributed by atoms with Crippen LogP contribution in [-0.2, 0) is 27.2 Å². The van der Waals surface area contributed by atoms with E-state index in [2.05, 4.69) is 27.8 Å². The molecule has 1 aromatic carbocycles. The molecule has 31 heavy (non-hydrogen) atoms. The number of nitrogens with zero attached hydrogens (tertiary/aromatic N) is 1. The van der Waals surface area contributed by atoms with E-state index in [1.807, 2.05) is 37.3 Å². The Morgan fingerprint density at radius 2 is 1.68 bits per heavy atom. The van der Waals surface area contributed by atoms with Gasteiger partial charge in [0.15, 0.2) is 5.96 Å². The first-order chi connectivity index (χ1) is 15.4. The summed E-state index contributed by atoms with van der Waals surface area (Å²) in [6.45, 7) is 8.28. The summed E-state index contributed by atoms with van der Waals surface area (Å²) < 4.78 is 22.0. The summed E-state index contributed by atoms with van der Waals surface area (Å²) in [5, 5.41) is 6.72. The molecule has 0 saturated heterocycles. The Morgan fingerprint density at radius 3 is 2.48 bits per heavy atom. The van der Waals surface area contributed by atoms with Crippen LogP contribution in [0.25, 0.3) is 0 Å². The number of benzene rings is 1. The van der Waals surface area contributed by atoms with Crippen molar-refractivity contribution in [3.8, 4) is 0 Å². The minimum atomic E-state index is 0.596. The topological polar surface area (TPSA) is 77.2 Å². The SMILES string of the molecule is CCOCCCNC(=NCCCOCCOCc1ccccc1)NCCc1ccco1. The van der Waals surface area contributed by atoms with Crippen molar-refractivity contribution < 1.29 is 18.6 Å². The number of furan rings is 1. The summed E-state index contributed by atoms with van der Waals surface area (Å²) in [5.74, 6) is 1.78. The normalized spacial score (nSPS) is 11.6. The van der Waals surface area contributed by atoms with E-state index in [0.717, 1.165) is 57.3 Å². The molecule has 2 N–H and O–H groups in total. The first-order valence-electron chi connectivity index (χ1n) is 11.2. The van der Waals surface area contributed by atoms with Crippen molar-refractivity contribution >= 4 is 5.96 Å². The monoisotopic (exact) mass is 431 g/mol. The summed E-state index contributed by atoms with van der Waals surface area (Å²) in [6.07, 6.45) is 4.32. The highest BCUT2D eigenvalue weighted by Crippen LogP contribution is 2.00. The van der Waals surface area contributed by atoms with Gasteiger partial charge in [-0.05, 0) is 37.5 Å². The van der Waals surface area contributed by atoms with Crippen molar-refractivity contribution in [1.82, 2.24) is 10.6 Å². The van der Waals surface area contributed by atoms with Gasteiger partial charge in [-0.3, -0.25) is 4.99 Å². The molecule has 0 amide bonds. The lowest BCUT2D eigenvalue weighted by Crippen LogP contribution is -2.39. The van der Waals surface area contributed by atoms with Gasteiger partial charge in [0.25, 0.3) is 0 Å². The van der Waals surface area contributed by atoms with Gasteiger partial charge in [0.2, 0.25) is 0 Å². The molecule has 0 atom stereocenters. The Kier molecular flexibility index (Phi) is 13.9. The van der Waals surface area contributed by atoms with Crippen molar-refractivity contribution in [2.45, 2.75) is 32.8 Å². The molecule has 7 heteroatoms. The van der Waals surface area contributed by atoms with E-state index in [1.165, 1.54) is 5.56 Å². The highest BCUT2D eigenvalue weighted by Gasteiger charge is 2.01. The molecule has 0 fully saturated rings. The van der Waals surface area contributed by atoms with Crippen LogP contribution in [0.4, 0.5) is 0 Å². The molecule has 2 aromatic rings. The molecule has 2 rings (SSSR count). The zero-order valence-electron chi connectivity index (χ0n) is 18.7. The zero-order valence-corrected chi connectivity index (χ0v) is 18.7. The number of nitrogens with one attached hydrogen (secondary N) is 2. The second-order valence-electron chi connectivity index (χ2n) is 6.97. The second kappa shape index (κ2) is 17.3. The van der Waals surface area contributed by atoms with Gasteiger partial charge >= 0.3 is 0 Å². The van der Waals surface area contributed by atoms with E-state index in [-0.39, 0.29) is 0 Å². The van der Waals surface area contributed by atoms with Crippen LogP contribution in [0.1, 0.15) is 31.1 Å². The van der Waals surface area contributed by atoms with Gasteiger partial charge in [-0.2, -0.15) is 0 Å². The van der Waals surface area contributed by atoms with Crippen LogP contribution in [-0.4, -0.2) is 58.6 Å². The average Bonchev–Trinajstić information content (AvgIpc) is 3.31. The average molecular weight is 432 g/mol. The third-order valence-corrected chi connectivity index (χ3v) is 4.41. The van der Waals surface area contributed by atoms with Gasteiger partial charge < -0.3 is 29.3 Å². The summed E-state index contributed by atoms with van der Waals surface area (Å²) in [6, 6.07) is 14.0. The molecule has 0 radical (unpaired) electrons. The Balaban J connectivity index is 1.55. The van der Waals surface area contributed by atoms with Crippen molar-refractivity contribution in [1.29, 1.82) is 0 Å². The minimum Gasteiger partial charge on any atom is -0.469 e. The standard InChI is InChI=1S/C24H37N3O4/c1-2-28-16-7-13-25-24(27-15-12-23-11-6-18-31-23)26-14-8-17-29-19-20-30-21-22-9-4-3-5-10-22/h3-6,9-11,18H,2,7-8,12-17,19-21H2,1H3,(H2,25,26,27). The lowest BCUT2D eigenvalue weighted by Gasteiger charge is -2.12. The van der Waals surface area contributed by atoms with Gasteiger partial charge in [0.1, 0.15) is 5.76 Å². The van der Waals surface area contributed by atoms with Crippen molar-refractivity contribution in [2.75, 3.05) is 52.7 Å². The number of hydrogen-bond donors (Lipinski definition) is 2. The molecule has 0 aliphatic carbocycles. The Hall–Kier alpha value is -2.35. The van der Waals surface area contributed by atoms with Gasteiger partial charge in [0, 0.05) is 45.9 Å². The number of aliphatic imine (C=N–C) groups is 1. The molecular weight excluding hydrogens is 394 g/mol. The highest BCUT2D eigenvalue weighted by atomic mass is 16.5. The Labute approximate surface area is 186 Å². The van der Waals surface area contributed by atoms with Crippen LogP contribution in [0.2, 0.25) is 0 Å². The highest BCUT2D eigenvalue weighted by molar-refractivity contribution is 5.79. The predicted molar refractivity (Wildman–Crippen MR) is 123 cm³/mol. The zero-order chi connectivity index (χ0) is 21.8. The fourth-order valence-corrected chi connectivity index (χ4v) is 2.80. The van der Waals surface area contributed by atoms with E-state index >= 15 is 0 Å². The number of hydrogen-bond acceptors (Lipinski definition) is 5. The lowest BCUT2D eigenvalue weighted by molar-refractivity contribution is 0.0403. The van der Waals surface area contributed by atoms with Crippen LogP contribution in [0.3, 0.4) is 0 Å². The van der Waals surface area contributed by atoms with Crippen LogP contribution in [0, 0.1) is 0 Å². The molecule has 1 heterocycles. The third kappa shape index (κ3) is 12.8. The molecule has 0 bridgehead atoms. The van der Waals surface area contributed by atoms with Crippen LogP contribution < -0.4 is 10.6 Å². The molecule has 0 spiro atoms. The molecule has 7 nitrogen and oxygen atoms in total. The first-order valence-corrected chi connectivity index (χ1v) is 11.2. The minimum absolute atomic E-state index is 0.596. The molecule has 0 unspecified atom stereocenters. The molecule has 0 aliphatic heterocycles. The number of rotatable bonds is 17. The van der Waals surface area contributed by atoms with Crippen LogP contribution >= 0.6 is 0 Å². The molecular formula is C24H37N3O4. The second-order valence-corrected chi connectivity index (χ2v) is 6.97. The number of ether oxygens (including phenoxy) is 3. The van der Waals surface area contributed by atoms with E-state index in [4.69, 9.17) is 18.6 Å². The predicted octanol–water partition coefficient (Wildman–Crippen LogP) is 3.41. The van der Waals surface area contributed by atoms with Gasteiger partial charge in [-0.15, -0.1) is 0 Å². The maximum Gasteiger partial charge on any atom is 0.191 e. The van der Waals surface area contributed by atoms with E-state index in [9.17, 15) is 0 Å². The van der Waals surface area contributed by atoms with E-state index in [1.54, 1.807) is 6.26 Å². The van der Waals surface area contributed by atoms with Gasteiger partial charge in [-0.1, -0.05) is 30.3 Å². The maximum absolute atomic E-state index is 5.64. The summed E-state index contributed by atoms with van der Waals surface area (Å²) in [4.78, 5) is 4.65. The molecule has 0 saturated carbocycles. The quantitative estimate of drug-likeness (QED) is 0.227. The van der Waals surface area contributed by atoms with Crippen LogP contribution in [0.15, 0.2) is 58.1 Å². The molecule has 1 aromatic heterocycles. The lowest BCUT2D eigenvalue weighted by atomic mass is 10.2. The Morgan fingerprint density at radius 1 is 0.871 bits per heavy atom. The fraction of sp³-hybridized carbons (Fsp3) is 0.542. The number of guanidine groups is 1. The summed E-state index contributed by atoms with van der Waals surface area (Å²) in [5.41, 5.74) is 1.18. The van der Waals surface area contributed by atoms with Gasteiger partial charge in [-0.25, -0.2) is 0 Å². The maximum atomic E-state index is 5.64. The summed E-state index contributed by atoms with van der Waals surface area (Å²) >= 11 is 0. The fourth-order valence-electron chi connectivity index (χ4n) is 2.80. The Bertz CT molecular complexity index is 677. The molecule has 0 aliphatic rings. The largest absolute Gasteiger partial charge is 0.469 e. The van der Waals surface area contributed by atoms with Crippen molar-refractivity contribution in [2.24, 2.45) is 4.99 Å². The summed E-state index contributed by atoms with van der Waals surface area (Å²) in [7, 11) is 0.